The zero-order valence-corrected chi connectivity index (χ0v) is 18.7. The molecule has 10 heteroatoms. The van der Waals surface area contributed by atoms with Gasteiger partial charge < -0.3 is 14.7 Å². The Kier molecular flexibility index (Phi) is 7.64. The predicted octanol–water partition coefficient (Wildman–Crippen LogP) is 7.18. The molecule has 0 aliphatic heterocycles. The number of rotatable bonds is 7. The first-order valence-corrected chi connectivity index (χ1v) is 10.4. The van der Waals surface area contributed by atoms with Crippen molar-refractivity contribution in [2.24, 2.45) is 0 Å². The molecule has 3 rings (SSSR count). The van der Waals surface area contributed by atoms with Crippen LogP contribution in [0.2, 0.25) is 0 Å². The maximum absolute atomic E-state index is 14.4. The number of aliphatic hydroxyl groups is 1. The van der Waals surface area contributed by atoms with Crippen LogP contribution in [-0.4, -0.2) is 23.9 Å². The van der Waals surface area contributed by atoms with E-state index in [4.69, 9.17) is 4.74 Å². The molecule has 0 aliphatic rings. The van der Waals surface area contributed by atoms with Gasteiger partial charge in [0.25, 0.3) is 0 Å². The van der Waals surface area contributed by atoms with Crippen molar-refractivity contribution in [1.82, 2.24) is 0 Å². The number of alkyl halides is 6. The van der Waals surface area contributed by atoms with Gasteiger partial charge in [0, 0.05) is 23.9 Å². The molecule has 0 aliphatic carbocycles. The molecule has 0 amide bonds. The molecule has 188 valence electrons. The summed E-state index contributed by atoms with van der Waals surface area (Å²) in [5, 5.41) is 9.64. The molecule has 0 heterocycles. The van der Waals surface area contributed by atoms with Gasteiger partial charge in [-0.2, -0.15) is 26.3 Å². The van der Waals surface area contributed by atoms with E-state index < -0.39 is 42.9 Å². The van der Waals surface area contributed by atoms with E-state index in [0.717, 1.165) is 22.1 Å². The zero-order chi connectivity index (χ0) is 26.0. The van der Waals surface area contributed by atoms with Gasteiger partial charge >= 0.3 is 12.4 Å². The number of benzene rings is 3. The topological polar surface area (TPSA) is 32.7 Å². The molecule has 0 spiro atoms. The number of halogens is 7. The molecule has 3 aromatic carbocycles. The van der Waals surface area contributed by atoms with Crippen LogP contribution in [0.4, 0.5) is 36.4 Å². The Bertz CT molecular complexity index is 1150. The van der Waals surface area contributed by atoms with Crippen LogP contribution in [0.3, 0.4) is 0 Å². The van der Waals surface area contributed by atoms with Crippen LogP contribution in [0.25, 0.3) is 0 Å². The average Bonchev–Trinajstić information content (AvgIpc) is 2.72. The minimum atomic E-state index is -4.95. The van der Waals surface area contributed by atoms with Crippen LogP contribution < -0.4 is 9.64 Å². The van der Waals surface area contributed by atoms with Gasteiger partial charge in [-0.1, -0.05) is 18.2 Å². The Balaban J connectivity index is 1.93. The second kappa shape index (κ2) is 10.2. The van der Waals surface area contributed by atoms with E-state index in [9.17, 15) is 35.8 Å². The Morgan fingerprint density at radius 2 is 1.51 bits per heavy atom. The first-order valence-electron chi connectivity index (χ1n) is 10.4. The van der Waals surface area contributed by atoms with Crippen molar-refractivity contribution >= 4 is 5.69 Å². The zero-order valence-electron chi connectivity index (χ0n) is 18.7. The molecule has 1 atom stereocenters. The lowest BCUT2D eigenvalue weighted by Gasteiger charge is -2.29. The first kappa shape index (κ1) is 26.3. The van der Waals surface area contributed by atoms with Crippen molar-refractivity contribution < 1.29 is 40.6 Å². The molecule has 3 aromatic rings. The lowest BCUT2D eigenvalue weighted by molar-refractivity contribution is -0.200. The van der Waals surface area contributed by atoms with Crippen molar-refractivity contribution in [2.45, 2.75) is 38.8 Å². The Hall–Kier alpha value is -3.27. The van der Waals surface area contributed by atoms with Crippen LogP contribution in [0.15, 0.2) is 60.7 Å². The normalized spacial score (nSPS) is 13.0. The number of hydrogen-bond acceptors (Lipinski definition) is 3. The molecule has 3 nitrogen and oxygen atoms in total. The summed E-state index contributed by atoms with van der Waals surface area (Å²) >= 11 is 0. The van der Waals surface area contributed by atoms with Crippen LogP contribution in [0.5, 0.6) is 11.5 Å². The fraction of sp³-hybridized carbons (Fsp3) is 0.280. The summed E-state index contributed by atoms with van der Waals surface area (Å²) in [6.45, 7) is 2.24. The van der Waals surface area contributed by atoms with E-state index in [0.29, 0.717) is 11.8 Å². The molecule has 1 N–H and O–H groups in total. The number of anilines is 1. The summed E-state index contributed by atoms with van der Waals surface area (Å²) in [5.74, 6) is -0.462. The molecular formula is C25H22F7NO2. The SMILES string of the molecule is Cc1cc(C)cc(Oc2cccc(N(Cc3ccc(C(F)(F)F)cc3F)C[C@@H](O)C(F)(F)F)c2)c1. The van der Waals surface area contributed by atoms with Crippen molar-refractivity contribution in [2.75, 3.05) is 11.4 Å². The summed E-state index contributed by atoms with van der Waals surface area (Å²) in [6, 6.07) is 13.2. The lowest BCUT2D eigenvalue weighted by atomic mass is 10.1. The molecule has 0 saturated heterocycles. The highest BCUT2D eigenvalue weighted by Gasteiger charge is 2.39. The molecular weight excluding hydrogens is 479 g/mol. The largest absolute Gasteiger partial charge is 0.457 e. The Morgan fingerprint density at radius 1 is 0.857 bits per heavy atom. The molecule has 0 unspecified atom stereocenters. The summed E-state index contributed by atoms with van der Waals surface area (Å²) in [6.07, 6.45) is -12.5. The number of aryl methyl sites for hydroxylation is 2. The second-order valence-corrected chi connectivity index (χ2v) is 8.16. The van der Waals surface area contributed by atoms with Crippen molar-refractivity contribution in [3.63, 3.8) is 0 Å². The first-order chi connectivity index (χ1) is 16.2. The number of hydrogen-bond donors (Lipinski definition) is 1. The highest BCUT2D eigenvalue weighted by Crippen LogP contribution is 2.33. The maximum Gasteiger partial charge on any atom is 0.416 e. The molecule has 0 bridgehead atoms. The van der Waals surface area contributed by atoms with E-state index in [1.165, 1.54) is 18.2 Å². The summed E-state index contributed by atoms with van der Waals surface area (Å²) in [7, 11) is 0. The van der Waals surface area contributed by atoms with Crippen molar-refractivity contribution in [1.29, 1.82) is 0 Å². The van der Waals surface area contributed by atoms with Gasteiger partial charge in [0.15, 0.2) is 6.10 Å². The predicted molar refractivity (Wildman–Crippen MR) is 117 cm³/mol. The Morgan fingerprint density at radius 3 is 2.09 bits per heavy atom. The van der Waals surface area contributed by atoms with E-state index in [2.05, 4.69) is 0 Å². The third-order valence-corrected chi connectivity index (χ3v) is 5.13. The number of aliphatic hydroxyl groups excluding tert-OH is 1. The van der Waals surface area contributed by atoms with E-state index in [-0.39, 0.29) is 23.1 Å². The molecule has 35 heavy (non-hydrogen) atoms. The molecule has 0 aromatic heterocycles. The number of ether oxygens (including phenoxy) is 1. The summed E-state index contributed by atoms with van der Waals surface area (Å²) in [5.41, 5.74) is 0.527. The second-order valence-electron chi connectivity index (χ2n) is 8.16. The summed E-state index contributed by atoms with van der Waals surface area (Å²) < 4.78 is 98.0. The third kappa shape index (κ3) is 7.11. The van der Waals surface area contributed by atoms with Crippen molar-refractivity contribution in [3.8, 4) is 11.5 Å². The van der Waals surface area contributed by atoms with E-state index in [1.54, 1.807) is 18.2 Å². The van der Waals surface area contributed by atoms with Gasteiger partial charge in [0.2, 0.25) is 0 Å². The van der Waals surface area contributed by atoms with Crippen molar-refractivity contribution in [3.05, 3.63) is 88.7 Å². The van der Waals surface area contributed by atoms with Gasteiger partial charge in [0.1, 0.15) is 17.3 Å². The highest BCUT2D eigenvalue weighted by molar-refractivity contribution is 5.52. The van der Waals surface area contributed by atoms with Crippen LogP contribution in [0, 0.1) is 19.7 Å². The van der Waals surface area contributed by atoms with Gasteiger partial charge in [-0.05, 0) is 61.4 Å². The maximum atomic E-state index is 14.4. The number of nitrogens with zero attached hydrogens (tertiary/aromatic N) is 1. The minimum absolute atomic E-state index is 0.148. The lowest BCUT2D eigenvalue weighted by Crippen LogP contribution is -2.41. The monoisotopic (exact) mass is 501 g/mol. The van der Waals surface area contributed by atoms with E-state index in [1.807, 2.05) is 19.9 Å². The Labute approximate surface area is 197 Å². The molecule has 0 fully saturated rings. The molecule has 0 saturated carbocycles. The van der Waals surface area contributed by atoms with E-state index >= 15 is 0 Å². The van der Waals surface area contributed by atoms with Gasteiger partial charge in [-0.15, -0.1) is 0 Å². The van der Waals surface area contributed by atoms with Crippen LogP contribution in [-0.2, 0) is 12.7 Å². The van der Waals surface area contributed by atoms with Gasteiger partial charge in [0.05, 0.1) is 12.1 Å². The smallest absolute Gasteiger partial charge is 0.416 e. The fourth-order valence-corrected chi connectivity index (χ4v) is 3.50. The van der Waals surface area contributed by atoms with Gasteiger partial charge in [-0.25, -0.2) is 4.39 Å². The third-order valence-electron chi connectivity index (χ3n) is 5.13. The van der Waals surface area contributed by atoms with Crippen LogP contribution >= 0.6 is 0 Å². The van der Waals surface area contributed by atoms with Gasteiger partial charge in [-0.3, -0.25) is 0 Å². The summed E-state index contributed by atoms with van der Waals surface area (Å²) in [4.78, 5) is 1.03. The van der Waals surface area contributed by atoms with Crippen LogP contribution in [0.1, 0.15) is 22.3 Å². The molecule has 0 radical (unpaired) electrons. The average molecular weight is 501 g/mol. The standard InChI is InChI=1S/C25H22F7NO2/c1-15-8-16(2)10-21(9-15)35-20-5-3-4-19(12-20)33(14-23(34)25(30,31)32)13-17-6-7-18(11-22(17)26)24(27,28)29/h3-12,23,34H,13-14H2,1-2H3/t23-/m1/s1. The highest BCUT2D eigenvalue weighted by atomic mass is 19.4. The quantitative estimate of drug-likeness (QED) is 0.348. The fourth-order valence-electron chi connectivity index (χ4n) is 3.50. The minimum Gasteiger partial charge on any atom is -0.457 e.